The molecule has 0 fully saturated rings. The average Bonchev–Trinajstić information content (AvgIpc) is 3.57. The molecule has 0 aromatic carbocycles. The Bertz CT molecular complexity index is 1400. The molecular formula is C29H26N2O4S2. The van der Waals surface area contributed by atoms with Gasteiger partial charge in [0.1, 0.15) is 11.9 Å². The zero-order valence-electron chi connectivity index (χ0n) is 20.7. The number of carboxylic acid groups (broad SMARTS) is 2. The summed E-state index contributed by atoms with van der Waals surface area (Å²) in [7, 11) is 0. The van der Waals surface area contributed by atoms with Crippen LogP contribution in [0, 0.1) is 13.8 Å². The predicted octanol–water partition coefficient (Wildman–Crippen LogP) is 2.93. The molecule has 0 atom stereocenters. The number of pyridine rings is 2. The van der Waals surface area contributed by atoms with Gasteiger partial charge in [-0.25, -0.2) is 0 Å². The van der Waals surface area contributed by atoms with Crippen LogP contribution in [0.4, 0.5) is 0 Å². The molecule has 0 saturated carbocycles. The number of aryl methyl sites for hydroxylation is 2. The number of hydrogen-bond donors (Lipinski definition) is 0. The first-order valence-electron chi connectivity index (χ1n) is 12.1. The highest BCUT2D eigenvalue weighted by Gasteiger charge is 2.23. The lowest BCUT2D eigenvalue weighted by Gasteiger charge is -2.07. The van der Waals surface area contributed by atoms with Crippen molar-refractivity contribution in [2.24, 2.45) is 0 Å². The number of rotatable bonds is 8. The zero-order chi connectivity index (χ0) is 26.1. The van der Waals surface area contributed by atoms with Gasteiger partial charge >= 0.3 is 0 Å². The molecule has 6 nitrogen and oxygen atoms in total. The summed E-state index contributed by atoms with van der Waals surface area (Å²) in [6, 6.07) is 12.4. The molecule has 4 aromatic heterocycles. The van der Waals surface area contributed by atoms with Crippen molar-refractivity contribution in [2.45, 2.75) is 46.2 Å². The minimum Gasteiger partial charge on any atom is -0.544 e. The molecule has 0 N–H and O–H groups in total. The maximum Gasteiger partial charge on any atom is 0.187 e. The van der Waals surface area contributed by atoms with E-state index in [0.29, 0.717) is 0 Å². The Morgan fingerprint density at radius 1 is 0.730 bits per heavy atom. The number of aliphatic carboxylic acids is 2. The van der Waals surface area contributed by atoms with E-state index < -0.39 is 11.9 Å². The third kappa shape index (κ3) is 5.40. The molecule has 37 heavy (non-hydrogen) atoms. The highest BCUT2D eigenvalue weighted by atomic mass is 32.1. The highest BCUT2D eigenvalue weighted by Crippen LogP contribution is 2.47. The molecule has 0 bridgehead atoms. The van der Waals surface area contributed by atoms with Gasteiger partial charge in [0.2, 0.25) is 0 Å². The first-order chi connectivity index (χ1) is 17.8. The highest BCUT2D eigenvalue weighted by molar-refractivity contribution is 7.16. The van der Waals surface area contributed by atoms with E-state index in [1.807, 2.05) is 24.3 Å². The predicted molar refractivity (Wildman–Crippen MR) is 140 cm³/mol. The molecule has 4 heterocycles. The molecule has 5 rings (SSSR count). The van der Waals surface area contributed by atoms with E-state index in [1.165, 1.54) is 41.8 Å². The van der Waals surface area contributed by atoms with Crippen molar-refractivity contribution in [3.05, 3.63) is 82.1 Å². The Morgan fingerprint density at radius 3 is 1.46 bits per heavy atom. The molecule has 1 aliphatic rings. The summed E-state index contributed by atoms with van der Waals surface area (Å²) in [6.07, 6.45) is 10.3. The standard InChI is InChI=1S/C29H26N2O4S2/c1-18-24(14-26(36-18)20-6-10-30(11-7-20)16-28(32)33)22-4-3-5-23(22)25-15-27(37-19(25)2)21-8-12-31(13-9-21)17-29(34)35/h6-15H,3-5,16-17H2,1-2H3. The van der Waals surface area contributed by atoms with Crippen LogP contribution in [-0.4, -0.2) is 11.9 Å². The number of aromatic nitrogens is 2. The molecule has 0 spiro atoms. The topological polar surface area (TPSA) is 88.0 Å². The van der Waals surface area contributed by atoms with Crippen molar-refractivity contribution >= 4 is 45.8 Å². The van der Waals surface area contributed by atoms with Crippen molar-refractivity contribution in [3.8, 4) is 20.9 Å². The van der Waals surface area contributed by atoms with Gasteiger partial charge in [-0.15, -0.1) is 22.7 Å². The Balaban J connectivity index is 1.45. The van der Waals surface area contributed by atoms with Crippen LogP contribution < -0.4 is 19.3 Å². The van der Waals surface area contributed by atoms with Crippen LogP contribution in [0.15, 0.2) is 61.2 Å². The maximum atomic E-state index is 10.9. The van der Waals surface area contributed by atoms with Crippen LogP contribution in [0.1, 0.15) is 40.1 Å². The Morgan fingerprint density at radius 2 is 1.11 bits per heavy atom. The SMILES string of the molecule is Cc1sc(-c2cc[n+](CC(=O)[O-])cc2)cc1C1=C(c2cc(-c3cc[n+](CC(=O)[O-])cc3)sc2C)CCC1. The van der Waals surface area contributed by atoms with Crippen LogP contribution in [0.5, 0.6) is 0 Å². The number of carboxylic acids is 2. The van der Waals surface area contributed by atoms with Crippen LogP contribution in [-0.2, 0) is 22.7 Å². The number of hydrogen-bond acceptors (Lipinski definition) is 6. The molecule has 0 aliphatic heterocycles. The van der Waals surface area contributed by atoms with E-state index in [1.54, 1.807) is 56.6 Å². The molecule has 188 valence electrons. The lowest BCUT2D eigenvalue weighted by atomic mass is 9.97. The third-order valence-corrected chi connectivity index (χ3v) is 8.88. The second kappa shape index (κ2) is 10.4. The second-order valence-corrected chi connectivity index (χ2v) is 11.7. The Kier molecular flexibility index (Phi) is 7.04. The fraction of sp³-hybridized carbons (Fsp3) is 0.241. The summed E-state index contributed by atoms with van der Waals surface area (Å²) in [6.45, 7) is 4.03. The number of carbonyl (C=O) groups excluding carboxylic acids is 2. The van der Waals surface area contributed by atoms with Gasteiger partial charge in [-0.05, 0) is 67.5 Å². The van der Waals surface area contributed by atoms with Crippen molar-refractivity contribution in [1.82, 2.24) is 0 Å². The number of carbonyl (C=O) groups is 2. The Labute approximate surface area is 223 Å². The second-order valence-electron chi connectivity index (χ2n) is 9.23. The van der Waals surface area contributed by atoms with E-state index in [2.05, 4.69) is 26.0 Å². The average molecular weight is 531 g/mol. The summed E-state index contributed by atoms with van der Waals surface area (Å²) in [5.74, 6) is -2.21. The first-order valence-corrected chi connectivity index (χ1v) is 13.7. The van der Waals surface area contributed by atoms with E-state index in [9.17, 15) is 19.8 Å². The molecule has 0 amide bonds. The largest absolute Gasteiger partial charge is 0.544 e. The van der Waals surface area contributed by atoms with Crippen LogP contribution in [0.25, 0.3) is 32.0 Å². The summed E-state index contributed by atoms with van der Waals surface area (Å²) >= 11 is 3.53. The van der Waals surface area contributed by atoms with Crippen molar-refractivity contribution in [2.75, 3.05) is 0 Å². The number of thiophene rings is 2. The lowest BCUT2D eigenvalue weighted by molar-refractivity contribution is -0.690. The zero-order valence-corrected chi connectivity index (χ0v) is 22.3. The van der Waals surface area contributed by atoms with Crippen molar-refractivity contribution < 1.29 is 28.9 Å². The van der Waals surface area contributed by atoms with Crippen LogP contribution >= 0.6 is 22.7 Å². The van der Waals surface area contributed by atoms with E-state index >= 15 is 0 Å². The quantitative estimate of drug-likeness (QED) is 0.328. The van der Waals surface area contributed by atoms with E-state index in [0.717, 1.165) is 30.4 Å². The van der Waals surface area contributed by atoms with Crippen LogP contribution in [0.2, 0.25) is 0 Å². The van der Waals surface area contributed by atoms with Gasteiger partial charge < -0.3 is 19.8 Å². The van der Waals surface area contributed by atoms with E-state index in [-0.39, 0.29) is 13.1 Å². The fourth-order valence-corrected chi connectivity index (χ4v) is 7.04. The summed E-state index contributed by atoms with van der Waals surface area (Å²) in [5.41, 5.74) is 7.57. The molecule has 4 aromatic rings. The molecule has 1 aliphatic carbocycles. The smallest absolute Gasteiger partial charge is 0.187 e. The minimum absolute atomic E-state index is 0.157. The fourth-order valence-electron chi connectivity index (χ4n) is 4.94. The van der Waals surface area contributed by atoms with Gasteiger partial charge in [-0.3, -0.25) is 0 Å². The van der Waals surface area contributed by atoms with Gasteiger partial charge in [-0.1, -0.05) is 0 Å². The van der Waals surface area contributed by atoms with Gasteiger partial charge in [-0.2, -0.15) is 9.13 Å². The molecule has 0 radical (unpaired) electrons. The summed E-state index contributed by atoms with van der Waals surface area (Å²) < 4.78 is 3.20. The first kappa shape index (κ1) is 25.0. The summed E-state index contributed by atoms with van der Waals surface area (Å²) in [5, 5.41) is 21.7. The monoisotopic (exact) mass is 530 g/mol. The number of allylic oxidation sites excluding steroid dienone is 2. The van der Waals surface area contributed by atoms with Gasteiger partial charge in [0.05, 0.1) is 0 Å². The van der Waals surface area contributed by atoms with Gasteiger partial charge in [0.15, 0.2) is 37.9 Å². The van der Waals surface area contributed by atoms with Gasteiger partial charge in [0, 0.05) is 54.9 Å². The maximum absolute atomic E-state index is 10.9. The molecule has 8 heteroatoms. The molecule has 0 saturated heterocycles. The normalized spacial score (nSPS) is 13.4. The van der Waals surface area contributed by atoms with Crippen molar-refractivity contribution in [1.29, 1.82) is 0 Å². The lowest BCUT2D eigenvalue weighted by Crippen LogP contribution is -2.43. The molecule has 0 unspecified atom stereocenters. The van der Waals surface area contributed by atoms with Crippen molar-refractivity contribution in [3.63, 3.8) is 0 Å². The number of nitrogens with zero attached hydrogens (tertiary/aromatic N) is 2. The Hall–Kier alpha value is -3.62. The van der Waals surface area contributed by atoms with Gasteiger partial charge in [0.25, 0.3) is 0 Å². The molecular weight excluding hydrogens is 504 g/mol. The summed E-state index contributed by atoms with van der Waals surface area (Å²) in [4.78, 5) is 26.6. The van der Waals surface area contributed by atoms with Crippen LogP contribution in [0.3, 0.4) is 0 Å². The van der Waals surface area contributed by atoms with E-state index in [4.69, 9.17) is 0 Å². The minimum atomic E-state index is -1.11. The third-order valence-electron chi connectivity index (χ3n) is 6.68.